The van der Waals surface area contributed by atoms with Crippen molar-refractivity contribution < 1.29 is 9.47 Å². The second kappa shape index (κ2) is 8.41. The Morgan fingerprint density at radius 1 is 1.26 bits per heavy atom. The molecule has 2 atom stereocenters. The summed E-state index contributed by atoms with van der Waals surface area (Å²) in [5.74, 6) is 1.18. The second-order valence-corrected chi connectivity index (χ2v) is 5.41. The summed E-state index contributed by atoms with van der Waals surface area (Å²) < 4.78 is 10.7. The fraction of sp³-hybridized carbons (Fsp3) is 0.600. The summed E-state index contributed by atoms with van der Waals surface area (Å²) >= 11 is 6.13. The molecule has 108 valence electrons. The molecule has 0 aliphatic rings. The first-order valence-corrected chi connectivity index (χ1v) is 7.08. The highest BCUT2D eigenvalue weighted by atomic mass is 35.5. The van der Waals surface area contributed by atoms with Crippen molar-refractivity contribution in [2.75, 3.05) is 20.3 Å². The van der Waals surface area contributed by atoms with Gasteiger partial charge < -0.3 is 15.2 Å². The van der Waals surface area contributed by atoms with E-state index in [9.17, 15) is 0 Å². The number of hydrogen-bond donors (Lipinski definition) is 1. The van der Waals surface area contributed by atoms with Crippen LogP contribution < -0.4 is 10.5 Å². The molecular formula is C15H24ClNO2. The predicted molar refractivity (Wildman–Crippen MR) is 80.0 cm³/mol. The summed E-state index contributed by atoms with van der Waals surface area (Å²) in [5, 5.41) is 0.648. The van der Waals surface area contributed by atoms with Crippen molar-refractivity contribution in [3.05, 3.63) is 28.8 Å². The normalized spacial score (nSPS) is 14.2. The third-order valence-electron chi connectivity index (χ3n) is 3.20. The zero-order valence-corrected chi connectivity index (χ0v) is 12.7. The maximum Gasteiger partial charge on any atom is 0.138 e. The topological polar surface area (TPSA) is 44.5 Å². The van der Waals surface area contributed by atoms with E-state index in [2.05, 4.69) is 6.92 Å². The number of hydrogen-bond acceptors (Lipinski definition) is 3. The molecule has 0 fully saturated rings. The van der Waals surface area contributed by atoms with Gasteiger partial charge in [-0.2, -0.15) is 0 Å². The maximum atomic E-state index is 6.13. The van der Waals surface area contributed by atoms with Gasteiger partial charge in [-0.3, -0.25) is 0 Å². The third-order valence-corrected chi connectivity index (χ3v) is 3.51. The molecule has 2 unspecified atom stereocenters. The largest absolute Gasteiger partial charge is 0.492 e. The molecule has 0 aromatic heterocycles. The molecule has 1 aromatic rings. The van der Waals surface area contributed by atoms with Gasteiger partial charge in [0.15, 0.2) is 0 Å². The van der Waals surface area contributed by atoms with Crippen molar-refractivity contribution in [2.45, 2.75) is 32.7 Å². The van der Waals surface area contributed by atoms with Gasteiger partial charge in [-0.1, -0.05) is 24.6 Å². The number of benzene rings is 1. The molecule has 1 rings (SSSR count). The third kappa shape index (κ3) is 5.81. The van der Waals surface area contributed by atoms with Gasteiger partial charge in [0.25, 0.3) is 0 Å². The van der Waals surface area contributed by atoms with Crippen LogP contribution in [-0.2, 0) is 11.2 Å². The standard InChI is InChI=1S/C15H24ClNO2/c1-11(12(2)17)9-13-5-6-14(16)15(10-13)19-8-4-7-18-3/h5-6,10-12H,4,7-9,17H2,1-3H3. The molecule has 0 radical (unpaired) electrons. The number of rotatable bonds is 8. The SMILES string of the molecule is COCCCOc1cc(CC(C)C(C)N)ccc1Cl. The Hall–Kier alpha value is -0.770. The molecule has 0 bridgehead atoms. The van der Waals surface area contributed by atoms with Crippen molar-refractivity contribution in [2.24, 2.45) is 11.7 Å². The molecule has 0 spiro atoms. The molecule has 0 saturated heterocycles. The van der Waals surface area contributed by atoms with Gasteiger partial charge in [0.2, 0.25) is 0 Å². The lowest BCUT2D eigenvalue weighted by molar-refractivity contribution is 0.172. The number of nitrogens with two attached hydrogens (primary N) is 1. The Kier molecular flexibility index (Phi) is 7.21. The molecule has 1 aromatic carbocycles. The number of methoxy groups -OCH3 is 1. The minimum Gasteiger partial charge on any atom is -0.492 e. The Morgan fingerprint density at radius 3 is 2.63 bits per heavy atom. The van der Waals surface area contributed by atoms with E-state index in [0.717, 1.165) is 18.6 Å². The molecule has 0 saturated carbocycles. The van der Waals surface area contributed by atoms with Crippen LogP contribution in [0, 0.1) is 5.92 Å². The average molecular weight is 286 g/mol. The van der Waals surface area contributed by atoms with Crippen LogP contribution >= 0.6 is 11.6 Å². The Bertz CT molecular complexity index is 382. The molecule has 19 heavy (non-hydrogen) atoms. The van der Waals surface area contributed by atoms with Crippen LogP contribution in [0.15, 0.2) is 18.2 Å². The summed E-state index contributed by atoms with van der Waals surface area (Å²) in [6.07, 6.45) is 1.79. The van der Waals surface area contributed by atoms with E-state index in [1.54, 1.807) is 7.11 Å². The van der Waals surface area contributed by atoms with Crippen LogP contribution in [0.25, 0.3) is 0 Å². The summed E-state index contributed by atoms with van der Waals surface area (Å²) in [7, 11) is 1.68. The predicted octanol–water partition coefficient (Wildman–Crippen LogP) is 3.28. The number of ether oxygens (including phenoxy) is 2. The lowest BCUT2D eigenvalue weighted by Crippen LogP contribution is -2.25. The molecule has 0 heterocycles. The lowest BCUT2D eigenvalue weighted by Gasteiger charge is -2.16. The summed E-state index contributed by atoms with van der Waals surface area (Å²) in [4.78, 5) is 0. The highest BCUT2D eigenvalue weighted by Gasteiger charge is 2.10. The Labute approximate surface area is 121 Å². The molecule has 4 heteroatoms. The maximum absolute atomic E-state index is 6.13. The first-order valence-electron chi connectivity index (χ1n) is 6.70. The fourth-order valence-electron chi connectivity index (χ4n) is 1.73. The highest BCUT2D eigenvalue weighted by molar-refractivity contribution is 6.32. The van der Waals surface area contributed by atoms with Gasteiger partial charge in [0, 0.05) is 26.2 Å². The second-order valence-electron chi connectivity index (χ2n) is 5.00. The van der Waals surface area contributed by atoms with Crippen LogP contribution in [-0.4, -0.2) is 26.4 Å². The Morgan fingerprint density at radius 2 is 2.00 bits per heavy atom. The Balaban J connectivity index is 2.60. The molecule has 2 N–H and O–H groups in total. The first kappa shape index (κ1) is 16.3. The summed E-state index contributed by atoms with van der Waals surface area (Å²) in [5.41, 5.74) is 7.10. The molecule has 3 nitrogen and oxygen atoms in total. The van der Waals surface area contributed by atoms with Crippen molar-refractivity contribution in [1.29, 1.82) is 0 Å². The van der Waals surface area contributed by atoms with Crippen molar-refractivity contribution in [3.8, 4) is 5.75 Å². The van der Waals surface area contributed by atoms with E-state index in [1.165, 1.54) is 5.56 Å². The van der Waals surface area contributed by atoms with Crippen LogP contribution in [0.4, 0.5) is 0 Å². The van der Waals surface area contributed by atoms with Crippen LogP contribution in [0.1, 0.15) is 25.8 Å². The molecule has 0 amide bonds. The first-order chi connectivity index (χ1) is 9.04. The van der Waals surface area contributed by atoms with Crippen LogP contribution in [0.3, 0.4) is 0 Å². The minimum atomic E-state index is 0.182. The summed E-state index contributed by atoms with van der Waals surface area (Å²) in [6, 6.07) is 6.11. The van der Waals surface area contributed by atoms with Gasteiger partial charge in [-0.25, -0.2) is 0 Å². The van der Waals surface area contributed by atoms with Crippen molar-refractivity contribution in [1.82, 2.24) is 0 Å². The van der Waals surface area contributed by atoms with Crippen LogP contribution in [0.2, 0.25) is 5.02 Å². The van der Waals surface area contributed by atoms with E-state index in [-0.39, 0.29) is 6.04 Å². The molecule has 0 aliphatic carbocycles. The van der Waals surface area contributed by atoms with Crippen LogP contribution in [0.5, 0.6) is 5.75 Å². The monoisotopic (exact) mass is 285 g/mol. The molecule has 0 aliphatic heterocycles. The summed E-state index contributed by atoms with van der Waals surface area (Å²) in [6.45, 7) is 5.49. The van der Waals surface area contributed by atoms with Gasteiger partial charge >= 0.3 is 0 Å². The highest BCUT2D eigenvalue weighted by Crippen LogP contribution is 2.27. The zero-order chi connectivity index (χ0) is 14.3. The van der Waals surface area contributed by atoms with E-state index in [1.807, 2.05) is 25.1 Å². The van der Waals surface area contributed by atoms with Gasteiger partial charge in [-0.05, 0) is 37.0 Å². The smallest absolute Gasteiger partial charge is 0.138 e. The lowest BCUT2D eigenvalue weighted by atomic mass is 9.95. The van der Waals surface area contributed by atoms with Crippen molar-refractivity contribution >= 4 is 11.6 Å². The van der Waals surface area contributed by atoms with E-state index < -0.39 is 0 Å². The minimum absolute atomic E-state index is 0.182. The van der Waals surface area contributed by atoms with Gasteiger partial charge in [0.1, 0.15) is 5.75 Å². The zero-order valence-electron chi connectivity index (χ0n) is 12.0. The van der Waals surface area contributed by atoms with E-state index in [4.69, 9.17) is 26.8 Å². The fourth-order valence-corrected chi connectivity index (χ4v) is 1.90. The number of halogens is 1. The molecular weight excluding hydrogens is 262 g/mol. The van der Waals surface area contributed by atoms with Gasteiger partial charge in [-0.15, -0.1) is 0 Å². The quantitative estimate of drug-likeness (QED) is 0.746. The average Bonchev–Trinajstić information content (AvgIpc) is 2.38. The van der Waals surface area contributed by atoms with Crippen molar-refractivity contribution in [3.63, 3.8) is 0 Å². The van der Waals surface area contributed by atoms with E-state index in [0.29, 0.717) is 24.2 Å². The van der Waals surface area contributed by atoms with E-state index >= 15 is 0 Å². The van der Waals surface area contributed by atoms with Gasteiger partial charge in [0.05, 0.1) is 11.6 Å².